The summed E-state index contributed by atoms with van der Waals surface area (Å²) < 4.78 is 11.5. The van der Waals surface area contributed by atoms with Crippen molar-refractivity contribution < 1.29 is 4.57 Å². The third kappa shape index (κ3) is 1.71. The van der Waals surface area contributed by atoms with Crippen molar-refractivity contribution in [3.8, 4) is 0 Å². The van der Waals surface area contributed by atoms with Crippen LogP contribution in [0.25, 0.3) is 0 Å². The van der Waals surface area contributed by atoms with Gasteiger partial charge in [0, 0.05) is 5.56 Å². The van der Waals surface area contributed by atoms with Crippen LogP contribution in [0.15, 0.2) is 36.4 Å². The molecule has 66 valence electrons. The van der Waals surface area contributed by atoms with Gasteiger partial charge in [0.2, 0.25) is 0 Å². The Kier molecular flexibility index (Phi) is 2.28. The molecule has 0 fully saturated rings. The van der Waals surface area contributed by atoms with E-state index in [1.807, 2.05) is 6.08 Å². The van der Waals surface area contributed by atoms with Gasteiger partial charge in [-0.1, -0.05) is 34.4 Å². The largest absolute Gasteiger partial charge is 0.354 e. The van der Waals surface area contributed by atoms with E-state index in [4.69, 9.17) is 0 Å². The Morgan fingerprint density at radius 3 is 2.54 bits per heavy atom. The van der Waals surface area contributed by atoms with Crippen LogP contribution in [0.5, 0.6) is 0 Å². The molecule has 13 heavy (non-hydrogen) atoms. The molecule has 1 aromatic carbocycles. The number of hydrogen-bond acceptors (Lipinski definition) is 1. The molecule has 0 aliphatic carbocycles. The first-order chi connectivity index (χ1) is 6.27. The average molecular weight is 191 g/mol. The van der Waals surface area contributed by atoms with Crippen LogP contribution in [0, 0.1) is 6.92 Å². The molecule has 1 aromatic rings. The van der Waals surface area contributed by atoms with Crippen molar-refractivity contribution in [3.63, 3.8) is 0 Å². The first kappa shape index (κ1) is 8.65. The fourth-order valence-corrected chi connectivity index (χ4v) is 2.92. The third-order valence-electron chi connectivity index (χ3n) is 2.33. The summed E-state index contributed by atoms with van der Waals surface area (Å²) in [6.45, 7) is 2.06. The summed E-state index contributed by atoms with van der Waals surface area (Å²) in [5.74, 6) is 0. The Labute approximate surface area is 79.3 Å². The van der Waals surface area contributed by atoms with E-state index in [0.717, 1.165) is 6.16 Å². The van der Waals surface area contributed by atoms with Crippen molar-refractivity contribution in [2.45, 2.75) is 12.6 Å². The predicted molar refractivity (Wildman–Crippen MR) is 55.5 cm³/mol. The molecule has 2 rings (SSSR count). The van der Waals surface area contributed by atoms with E-state index in [-0.39, 0.29) is 5.66 Å². The van der Waals surface area contributed by atoms with Gasteiger partial charge in [-0.15, -0.1) is 0 Å². The van der Waals surface area contributed by atoms with Crippen molar-refractivity contribution in [2.75, 3.05) is 6.16 Å². The second kappa shape index (κ2) is 3.43. The number of benzene rings is 1. The SMILES string of the molecule is Cc1ccc(C2C=CC[P+]2=O)cc1. The quantitative estimate of drug-likeness (QED) is 0.491. The van der Waals surface area contributed by atoms with Crippen molar-refractivity contribution >= 4 is 7.80 Å². The molecule has 2 atom stereocenters. The molecular weight excluding hydrogens is 179 g/mol. The lowest BCUT2D eigenvalue weighted by atomic mass is 10.1. The molecule has 1 aliphatic rings. The molecule has 0 saturated carbocycles. The molecule has 0 bridgehead atoms. The van der Waals surface area contributed by atoms with Gasteiger partial charge in [0.05, 0.1) is 0 Å². The summed E-state index contributed by atoms with van der Waals surface area (Å²) >= 11 is 0. The Morgan fingerprint density at radius 2 is 2.00 bits per heavy atom. The van der Waals surface area contributed by atoms with Crippen LogP contribution < -0.4 is 0 Å². The minimum absolute atomic E-state index is 0.163. The van der Waals surface area contributed by atoms with Gasteiger partial charge >= 0.3 is 7.80 Å². The highest BCUT2D eigenvalue weighted by Crippen LogP contribution is 2.46. The molecule has 0 aromatic heterocycles. The zero-order chi connectivity index (χ0) is 9.26. The molecule has 0 N–H and O–H groups in total. The van der Waals surface area contributed by atoms with Crippen LogP contribution in [-0.4, -0.2) is 6.16 Å². The molecule has 1 aliphatic heterocycles. The van der Waals surface area contributed by atoms with E-state index in [1.54, 1.807) is 0 Å². The van der Waals surface area contributed by atoms with E-state index < -0.39 is 7.80 Å². The highest BCUT2D eigenvalue weighted by Gasteiger charge is 2.32. The normalized spacial score (nSPS) is 23.8. The van der Waals surface area contributed by atoms with Crippen LogP contribution in [0.4, 0.5) is 0 Å². The maximum Gasteiger partial charge on any atom is 0.354 e. The lowest BCUT2D eigenvalue weighted by Crippen LogP contribution is -1.86. The monoisotopic (exact) mass is 191 g/mol. The molecule has 1 nitrogen and oxygen atoms in total. The Balaban J connectivity index is 2.30. The molecular formula is C11H12OP+. The molecule has 1 heterocycles. The third-order valence-corrected chi connectivity index (χ3v) is 3.99. The summed E-state index contributed by atoms with van der Waals surface area (Å²) in [4.78, 5) is 0. The molecule has 2 unspecified atom stereocenters. The molecule has 0 saturated heterocycles. The van der Waals surface area contributed by atoms with Crippen LogP contribution in [0.2, 0.25) is 0 Å². The molecule has 0 radical (unpaired) electrons. The van der Waals surface area contributed by atoms with Gasteiger partial charge in [-0.3, -0.25) is 0 Å². The standard InChI is InChI=1S/C11H12OP/c1-9-4-6-10(7-5-9)11-3-2-8-13(11)12/h2-7,11H,8H2,1H3/q+1. The van der Waals surface area contributed by atoms with Gasteiger partial charge in [0.15, 0.2) is 11.8 Å². The number of allylic oxidation sites excluding steroid dienone is 2. The van der Waals surface area contributed by atoms with E-state index in [2.05, 4.69) is 37.3 Å². The zero-order valence-electron chi connectivity index (χ0n) is 7.60. The lowest BCUT2D eigenvalue weighted by molar-refractivity contribution is 0.587. The van der Waals surface area contributed by atoms with Crippen molar-refractivity contribution in [1.29, 1.82) is 0 Å². The summed E-state index contributed by atoms with van der Waals surface area (Å²) in [6, 6.07) is 8.29. The van der Waals surface area contributed by atoms with E-state index in [1.165, 1.54) is 11.1 Å². The van der Waals surface area contributed by atoms with E-state index in [9.17, 15) is 4.57 Å². The van der Waals surface area contributed by atoms with Crippen LogP contribution >= 0.6 is 7.80 Å². The second-order valence-corrected chi connectivity index (χ2v) is 5.14. The van der Waals surface area contributed by atoms with Gasteiger partial charge in [-0.05, 0) is 19.1 Å². The second-order valence-electron chi connectivity index (χ2n) is 3.38. The fourth-order valence-electron chi connectivity index (χ4n) is 1.54. The van der Waals surface area contributed by atoms with E-state index >= 15 is 0 Å². The summed E-state index contributed by atoms with van der Waals surface area (Å²) in [7, 11) is -1.08. The van der Waals surface area contributed by atoms with Crippen LogP contribution in [-0.2, 0) is 4.57 Å². The smallest absolute Gasteiger partial charge is 0.0734 e. The van der Waals surface area contributed by atoms with Crippen molar-refractivity contribution in [2.24, 2.45) is 0 Å². The molecule has 0 spiro atoms. The molecule has 2 heteroatoms. The minimum atomic E-state index is -1.08. The fraction of sp³-hybridized carbons (Fsp3) is 0.273. The predicted octanol–water partition coefficient (Wildman–Crippen LogP) is 3.43. The van der Waals surface area contributed by atoms with Crippen molar-refractivity contribution in [1.82, 2.24) is 0 Å². The topological polar surface area (TPSA) is 17.1 Å². The lowest BCUT2D eigenvalue weighted by Gasteiger charge is -1.99. The summed E-state index contributed by atoms with van der Waals surface area (Å²) in [5.41, 5.74) is 2.59. The average Bonchev–Trinajstić information content (AvgIpc) is 2.53. The highest BCUT2D eigenvalue weighted by molar-refractivity contribution is 7.46. The maximum atomic E-state index is 11.5. The van der Waals surface area contributed by atoms with Gasteiger partial charge in [0.25, 0.3) is 0 Å². The molecule has 0 amide bonds. The number of rotatable bonds is 1. The summed E-state index contributed by atoms with van der Waals surface area (Å²) in [6.07, 6.45) is 4.82. The number of aryl methyl sites for hydroxylation is 1. The van der Waals surface area contributed by atoms with Crippen molar-refractivity contribution in [3.05, 3.63) is 47.5 Å². The van der Waals surface area contributed by atoms with Gasteiger partial charge in [-0.2, -0.15) is 0 Å². The van der Waals surface area contributed by atoms with Crippen LogP contribution in [0.1, 0.15) is 16.8 Å². The van der Waals surface area contributed by atoms with Gasteiger partial charge in [-0.25, -0.2) is 0 Å². The Hall–Kier alpha value is -0.940. The van der Waals surface area contributed by atoms with E-state index in [0.29, 0.717) is 0 Å². The van der Waals surface area contributed by atoms with Gasteiger partial charge in [0.1, 0.15) is 0 Å². The highest BCUT2D eigenvalue weighted by atomic mass is 31.1. The maximum absolute atomic E-state index is 11.5. The summed E-state index contributed by atoms with van der Waals surface area (Å²) in [5, 5.41) is 0. The number of hydrogen-bond donors (Lipinski definition) is 0. The zero-order valence-corrected chi connectivity index (χ0v) is 8.50. The van der Waals surface area contributed by atoms with Gasteiger partial charge < -0.3 is 0 Å². The first-order valence-electron chi connectivity index (χ1n) is 4.44. The minimum Gasteiger partial charge on any atom is -0.0734 e. The Bertz CT molecular complexity index is 351. The van der Waals surface area contributed by atoms with Crippen LogP contribution in [0.3, 0.4) is 0 Å². The first-order valence-corrected chi connectivity index (χ1v) is 5.96. The Morgan fingerprint density at radius 1 is 1.31 bits per heavy atom.